The van der Waals surface area contributed by atoms with E-state index in [1.54, 1.807) is 17.8 Å². The molecule has 0 saturated carbocycles. The molecular weight excluding hydrogens is 400 g/mol. The molecule has 7 nitrogen and oxygen atoms in total. The van der Waals surface area contributed by atoms with Gasteiger partial charge in [0.2, 0.25) is 0 Å². The van der Waals surface area contributed by atoms with E-state index in [0.717, 1.165) is 46.3 Å². The molecule has 1 N–H and O–H groups in total. The Labute approximate surface area is 187 Å². The molecule has 1 saturated heterocycles. The SMILES string of the molecule is C=C(OC)c1cccc(-c2cc(Nc3cccc(N4CCCC4C)n3)c3nccn3n2)c1. The van der Waals surface area contributed by atoms with Crippen LogP contribution in [0, 0.1) is 0 Å². The zero-order valence-electron chi connectivity index (χ0n) is 18.3. The van der Waals surface area contributed by atoms with Crippen LogP contribution in [0.1, 0.15) is 25.3 Å². The second-order valence-electron chi connectivity index (χ2n) is 8.04. The van der Waals surface area contributed by atoms with E-state index < -0.39 is 0 Å². The zero-order valence-corrected chi connectivity index (χ0v) is 18.3. The van der Waals surface area contributed by atoms with Crippen LogP contribution >= 0.6 is 0 Å². The maximum atomic E-state index is 5.29. The van der Waals surface area contributed by atoms with E-state index in [1.165, 1.54) is 12.8 Å². The van der Waals surface area contributed by atoms with Crippen LogP contribution in [0.3, 0.4) is 0 Å². The summed E-state index contributed by atoms with van der Waals surface area (Å²) in [6.07, 6.45) is 6.00. The van der Waals surface area contributed by atoms with Crippen molar-refractivity contribution in [3.63, 3.8) is 0 Å². The molecule has 1 aliphatic rings. The van der Waals surface area contributed by atoms with Crippen molar-refractivity contribution < 1.29 is 4.74 Å². The van der Waals surface area contributed by atoms with Crippen LogP contribution in [-0.4, -0.2) is 39.3 Å². The van der Waals surface area contributed by atoms with Crippen LogP contribution < -0.4 is 10.2 Å². The third-order valence-corrected chi connectivity index (χ3v) is 5.93. The van der Waals surface area contributed by atoms with Crippen molar-refractivity contribution in [3.05, 3.63) is 73.1 Å². The lowest BCUT2D eigenvalue weighted by atomic mass is 10.1. The van der Waals surface area contributed by atoms with Crippen molar-refractivity contribution in [1.29, 1.82) is 0 Å². The molecule has 1 fully saturated rings. The number of pyridine rings is 1. The van der Waals surface area contributed by atoms with Crippen molar-refractivity contribution in [2.75, 3.05) is 23.9 Å². The number of fused-ring (bicyclic) bond motifs is 1. The third kappa shape index (κ3) is 3.77. The Bertz CT molecular complexity index is 1280. The summed E-state index contributed by atoms with van der Waals surface area (Å²) in [5.41, 5.74) is 4.28. The third-order valence-electron chi connectivity index (χ3n) is 5.93. The first-order valence-electron chi connectivity index (χ1n) is 10.8. The molecule has 5 rings (SSSR count). The second-order valence-corrected chi connectivity index (χ2v) is 8.04. The predicted molar refractivity (Wildman–Crippen MR) is 128 cm³/mol. The number of anilines is 3. The Morgan fingerprint density at radius 2 is 2.06 bits per heavy atom. The van der Waals surface area contributed by atoms with Crippen LogP contribution in [0.5, 0.6) is 0 Å². The van der Waals surface area contributed by atoms with E-state index in [-0.39, 0.29) is 0 Å². The molecule has 1 aliphatic heterocycles. The van der Waals surface area contributed by atoms with Gasteiger partial charge < -0.3 is 15.0 Å². The summed E-state index contributed by atoms with van der Waals surface area (Å²) in [6, 6.07) is 16.6. The lowest BCUT2D eigenvalue weighted by Crippen LogP contribution is -2.27. The van der Waals surface area contributed by atoms with Gasteiger partial charge in [-0.25, -0.2) is 14.5 Å². The lowest BCUT2D eigenvalue weighted by Gasteiger charge is -2.23. The maximum absolute atomic E-state index is 5.29. The smallest absolute Gasteiger partial charge is 0.177 e. The molecule has 0 radical (unpaired) electrons. The van der Waals surface area contributed by atoms with Gasteiger partial charge in [0.05, 0.1) is 18.5 Å². The van der Waals surface area contributed by atoms with Crippen LogP contribution in [0.4, 0.5) is 17.3 Å². The minimum atomic E-state index is 0.512. The molecule has 1 atom stereocenters. The predicted octanol–water partition coefficient (Wildman–Crippen LogP) is 5.14. The summed E-state index contributed by atoms with van der Waals surface area (Å²) < 4.78 is 7.07. The first-order valence-corrected chi connectivity index (χ1v) is 10.8. The van der Waals surface area contributed by atoms with Gasteiger partial charge in [0, 0.05) is 36.1 Å². The van der Waals surface area contributed by atoms with Crippen molar-refractivity contribution in [2.45, 2.75) is 25.8 Å². The molecule has 7 heteroatoms. The lowest BCUT2D eigenvalue weighted by molar-refractivity contribution is 0.371. The van der Waals surface area contributed by atoms with E-state index >= 15 is 0 Å². The average Bonchev–Trinajstić information content (AvgIpc) is 3.47. The Kier molecular flexibility index (Phi) is 5.23. The Hall–Kier alpha value is -3.87. The fourth-order valence-corrected chi connectivity index (χ4v) is 4.18. The van der Waals surface area contributed by atoms with E-state index in [9.17, 15) is 0 Å². The molecule has 162 valence electrons. The van der Waals surface area contributed by atoms with Crippen LogP contribution in [0.15, 0.2) is 67.5 Å². The summed E-state index contributed by atoms with van der Waals surface area (Å²) in [5, 5.41) is 8.21. The molecule has 0 amide bonds. The van der Waals surface area contributed by atoms with E-state index in [0.29, 0.717) is 11.8 Å². The Balaban J connectivity index is 1.52. The standard InChI is InChI=1S/C25H26N6O/c1-17-7-6-13-30(17)24-11-5-10-23(28-24)27-22-16-21(29-31-14-12-26-25(22)31)20-9-4-8-19(15-20)18(2)32-3/h4-5,8-12,14-17H,2,6-7,13H2,1,3H3,(H,27,28). The average molecular weight is 427 g/mol. The first kappa shape index (κ1) is 20.1. The molecule has 4 heterocycles. The molecule has 4 aromatic rings. The van der Waals surface area contributed by atoms with Gasteiger partial charge in [-0.2, -0.15) is 5.10 Å². The van der Waals surface area contributed by atoms with Gasteiger partial charge in [-0.05, 0) is 44.0 Å². The van der Waals surface area contributed by atoms with Crippen LogP contribution in [-0.2, 0) is 4.74 Å². The summed E-state index contributed by atoms with van der Waals surface area (Å²) in [4.78, 5) is 11.7. The van der Waals surface area contributed by atoms with Gasteiger partial charge >= 0.3 is 0 Å². The normalized spacial score (nSPS) is 15.8. The van der Waals surface area contributed by atoms with Gasteiger partial charge in [-0.1, -0.05) is 30.8 Å². The molecule has 1 unspecified atom stereocenters. The number of nitrogens with one attached hydrogen (secondary N) is 1. The highest BCUT2D eigenvalue weighted by Gasteiger charge is 2.21. The number of methoxy groups -OCH3 is 1. The van der Waals surface area contributed by atoms with Crippen LogP contribution in [0.25, 0.3) is 22.7 Å². The minimum absolute atomic E-state index is 0.512. The highest BCUT2D eigenvalue weighted by Crippen LogP contribution is 2.29. The van der Waals surface area contributed by atoms with E-state index in [2.05, 4.69) is 34.8 Å². The number of ether oxygens (including phenoxy) is 1. The zero-order chi connectivity index (χ0) is 22.1. The number of benzene rings is 1. The van der Waals surface area contributed by atoms with Crippen molar-refractivity contribution in [1.82, 2.24) is 19.6 Å². The van der Waals surface area contributed by atoms with Gasteiger partial charge in [-0.15, -0.1) is 0 Å². The highest BCUT2D eigenvalue weighted by atomic mass is 16.5. The summed E-state index contributed by atoms with van der Waals surface area (Å²) in [6.45, 7) is 7.26. The largest absolute Gasteiger partial charge is 0.497 e. The topological polar surface area (TPSA) is 67.6 Å². The summed E-state index contributed by atoms with van der Waals surface area (Å²) in [5.74, 6) is 2.40. The molecule has 0 aliphatic carbocycles. The van der Waals surface area contributed by atoms with Crippen molar-refractivity contribution in [2.24, 2.45) is 0 Å². The van der Waals surface area contributed by atoms with Gasteiger partial charge in [0.1, 0.15) is 17.4 Å². The molecular formula is C25H26N6O. The second kappa shape index (κ2) is 8.34. The van der Waals surface area contributed by atoms with E-state index in [1.807, 2.05) is 48.7 Å². The number of hydrogen-bond donors (Lipinski definition) is 1. The minimum Gasteiger partial charge on any atom is -0.497 e. The van der Waals surface area contributed by atoms with Gasteiger partial charge in [-0.3, -0.25) is 0 Å². The fourth-order valence-electron chi connectivity index (χ4n) is 4.18. The highest BCUT2D eigenvalue weighted by molar-refractivity contribution is 5.78. The Morgan fingerprint density at radius 1 is 1.19 bits per heavy atom. The van der Waals surface area contributed by atoms with Crippen molar-refractivity contribution in [3.8, 4) is 11.3 Å². The number of hydrogen-bond acceptors (Lipinski definition) is 6. The van der Waals surface area contributed by atoms with Gasteiger partial charge in [0.25, 0.3) is 0 Å². The summed E-state index contributed by atoms with van der Waals surface area (Å²) >= 11 is 0. The van der Waals surface area contributed by atoms with Crippen molar-refractivity contribution >= 4 is 28.7 Å². The maximum Gasteiger partial charge on any atom is 0.177 e. The van der Waals surface area contributed by atoms with Crippen LogP contribution in [0.2, 0.25) is 0 Å². The molecule has 0 spiro atoms. The van der Waals surface area contributed by atoms with Gasteiger partial charge in [0.15, 0.2) is 5.65 Å². The summed E-state index contributed by atoms with van der Waals surface area (Å²) in [7, 11) is 1.62. The number of rotatable bonds is 6. The number of aromatic nitrogens is 4. The molecule has 3 aromatic heterocycles. The fraction of sp³-hybridized carbons (Fsp3) is 0.240. The molecule has 0 bridgehead atoms. The number of imidazole rings is 1. The molecule has 1 aromatic carbocycles. The quantitative estimate of drug-likeness (QED) is 0.431. The first-order chi connectivity index (χ1) is 15.6. The monoisotopic (exact) mass is 426 g/mol. The number of nitrogens with zero attached hydrogens (tertiary/aromatic N) is 5. The molecule has 32 heavy (non-hydrogen) atoms. The van der Waals surface area contributed by atoms with E-state index in [4.69, 9.17) is 14.8 Å². The Morgan fingerprint density at radius 3 is 2.88 bits per heavy atom.